The van der Waals surface area contributed by atoms with Gasteiger partial charge in [-0.15, -0.1) is 16.8 Å². The zero-order valence-electron chi connectivity index (χ0n) is 47.6. The number of alkyl carbamates (subject to hydrolysis) is 1. The maximum Gasteiger partial charge on any atom is 0.409 e. The first-order chi connectivity index (χ1) is 39.6. The Labute approximate surface area is 492 Å². The molecule has 5 N–H and O–H groups in total. The van der Waals surface area contributed by atoms with E-state index in [4.69, 9.17) is 44.9 Å². The Kier molecular flexibility index (Phi) is 22.5. The summed E-state index contributed by atoms with van der Waals surface area (Å²) in [5.41, 5.74) is -1.43. The van der Waals surface area contributed by atoms with Crippen LogP contribution in [0.2, 0.25) is 5.02 Å². The van der Waals surface area contributed by atoms with E-state index in [1.807, 2.05) is 13.0 Å². The van der Waals surface area contributed by atoms with Crippen molar-refractivity contribution in [2.24, 2.45) is 5.92 Å². The van der Waals surface area contributed by atoms with Crippen LogP contribution in [-0.4, -0.2) is 210 Å². The fraction of sp³-hybridized carbons (Fsp3) is 0.593. The van der Waals surface area contributed by atoms with E-state index in [1.54, 1.807) is 38.1 Å². The second-order valence-corrected chi connectivity index (χ2v) is 22.6. The summed E-state index contributed by atoms with van der Waals surface area (Å²) >= 11 is 7.75. The number of ether oxygens (including phenoxy) is 6. The minimum absolute atomic E-state index is 0.0206. The zero-order valence-corrected chi connectivity index (χ0v) is 49.2. The third-order valence-electron chi connectivity index (χ3n) is 14.9. The number of rotatable bonds is 22. The molecule has 4 saturated heterocycles. The van der Waals surface area contributed by atoms with E-state index in [0.29, 0.717) is 27.8 Å². The molecule has 10 atom stereocenters. The van der Waals surface area contributed by atoms with Gasteiger partial charge in [-0.3, -0.25) is 48.6 Å². The summed E-state index contributed by atoms with van der Waals surface area (Å²) in [5.74, 6) is -9.39. The van der Waals surface area contributed by atoms with Crippen LogP contribution in [0.15, 0.2) is 35.9 Å². The molecule has 30 heteroatoms. The van der Waals surface area contributed by atoms with Crippen molar-refractivity contribution in [1.82, 2.24) is 30.8 Å². The number of hydrogen-bond acceptors (Lipinski definition) is 21. The Hall–Kier alpha value is -7.18. The number of hydrogen-bond donors (Lipinski definition) is 5. The van der Waals surface area contributed by atoms with Crippen molar-refractivity contribution in [3.63, 3.8) is 0 Å². The number of benzene rings is 1. The second kappa shape index (κ2) is 28.6. The smallest absolute Gasteiger partial charge is 0.409 e. The number of nitrogens with zero attached hydrogens (tertiary/aromatic N) is 4. The molecule has 5 aliphatic heterocycles. The molecule has 460 valence electrons. The van der Waals surface area contributed by atoms with Gasteiger partial charge >= 0.3 is 24.0 Å². The van der Waals surface area contributed by atoms with Gasteiger partial charge in [-0.2, -0.15) is 0 Å². The van der Waals surface area contributed by atoms with Gasteiger partial charge in [0, 0.05) is 77.9 Å². The minimum Gasteiger partial charge on any atom is -0.495 e. The predicted octanol–water partition coefficient (Wildman–Crippen LogP) is 0.855. The fourth-order valence-corrected chi connectivity index (χ4v) is 11.2. The number of epoxide rings is 1. The van der Waals surface area contributed by atoms with Crippen LogP contribution >= 0.6 is 23.4 Å². The molecule has 0 radical (unpaired) electrons. The number of esters is 1. The van der Waals surface area contributed by atoms with Crippen LogP contribution in [0.4, 0.5) is 10.5 Å². The van der Waals surface area contributed by atoms with Gasteiger partial charge in [0.1, 0.15) is 53.3 Å². The number of carbonyl (C=O) groups excluding carboxylic acids is 11. The Balaban J connectivity index is 1.02. The zero-order chi connectivity index (χ0) is 62.0. The minimum atomic E-state index is -1.93. The van der Waals surface area contributed by atoms with E-state index in [-0.39, 0.29) is 68.9 Å². The molecule has 0 spiro atoms. The van der Waals surface area contributed by atoms with Crippen molar-refractivity contribution in [1.29, 1.82) is 0 Å². The fourth-order valence-electron chi connectivity index (χ4n) is 9.75. The number of methoxy groups -OCH3 is 2. The molecule has 6 rings (SSSR count). The molecule has 0 saturated carbocycles. The van der Waals surface area contributed by atoms with Gasteiger partial charge in [0.05, 0.1) is 50.2 Å². The highest BCUT2D eigenvalue weighted by molar-refractivity contribution is 8.00. The number of fused-ring (bicyclic) bond motifs is 5. The summed E-state index contributed by atoms with van der Waals surface area (Å²) in [6.45, 7) is 4.76. The number of amides is 9. The molecular weight excluding hydrogens is 1150 g/mol. The summed E-state index contributed by atoms with van der Waals surface area (Å²) in [6.07, 6.45) is -1.49. The predicted molar refractivity (Wildman–Crippen MR) is 293 cm³/mol. The molecule has 5 aliphatic rings. The molecule has 4 fully saturated rings. The van der Waals surface area contributed by atoms with E-state index in [1.165, 1.54) is 40.1 Å². The van der Waals surface area contributed by atoms with Gasteiger partial charge < -0.3 is 63.9 Å². The number of thioether (sulfide) groups is 1. The molecule has 4 bridgehead atoms. The van der Waals surface area contributed by atoms with Gasteiger partial charge in [-0.25, -0.2) is 19.2 Å². The molecule has 1 aromatic rings. The largest absolute Gasteiger partial charge is 0.495 e. The number of imide groups is 2. The van der Waals surface area contributed by atoms with Crippen molar-refractivity contribution >= 4 is 100 Å². The summed E-state index contributed by atoms with van der Waals surface area (Å²) in [6, 6.07) is 0.532. The Bertz CT molecular complexity index is 2820. The topological polar surface area (TPSA) is 362 Å². The monoisotopic (exact) mass is 1220 g/mol. The van der Waals surface area contributed by atoms with Crippen molar-refractivity contribution < 1.29 is 101 Å². The maximum atomic E-state index is 14.4. The highest BCUT2D eigenvalue weighted by Crippen LogP contribution is 2.49. The number of hydroxylamine groups is 2. The Morgan fingerprint density at radius 1 is 0.976 bits per heavy atom. The first kappa shape index (κ1) is 66.0. The molecule has 0 aromatic heterocycles. The van der Waals surface area contributed by atoms with Crippen LogP contribution in [-0.2, 0) is 87.7 Å². The molecule has 9 amide bonds. The van der Waals surface area contributed by atoms with E-state index in [2.05, 4.69) is 16.0 Å². The standard InChI is InChI=1S/C54H70ClN7O21S/c1-28-10-9-11-37(78-8)54(76)25-35(80-52(75)58-54)29(2)48-53(4,82-48)38(24-44(68)60(6)33-21-31(20-28)22-34(77-7)47(33)55)81-51(74)30(3)59(5)41(65)16-19-84-36-23-45(69)61(49(36)71)27-40(64)57-32(50(72)73)26-56-39(63)14-17-79-18-15-46(70)83-62-42(66)12-13-43(62)67/h9-11,21-22,29-30,32,35-38,48,76H,12-20,23-27H2,1-8H3,(H,56,63)(H,57,64)(H,58,75)(H,72,73)/b11-9+,28-10+/t29-,30+,32?,35+,36?,37-,38+,48+,53+,54+/m1/s1. The Morgan fingerprint density at radius 2 is 1.67 bits per heavy atom. The second-order valence-electron chi connectivity index (χ2n) is 21.0. The summed E-state index contributed by atoms with van der Waals surface area (Å²) < 4.78 is 34.5. The normalized spacial score (nSPS) is 27.1. The average molecular weight is 1220 g/mol. The number of halogens is 1. The summed E-state index contributed by atoms with van der Waals surface area (Å²) in [5, 5.41) is 28.0. The van der Waals surface area contributed by atoms with E-state index in [9.17, 15) is 67.7 Å². The average Bonchev–Trinajstić information content (AvgIpc) is 2.37. The number of allylic oxidation sites excluding steroid dienone is 3. The number of likely N-dealkylation sites (tertiary alicyclic amines) is 1. The lowest BCUT2D eigenvalue weighted by atomic mass is 9.83. The maximum absolute atomic E-state index is 14.4. The third kappa shape index (κ3) is 16.4. The van der Waals surface area contributed by atoms with Crippen LogP contribution in [0, 0.1) is 5.92 Å². The van der Waals surface area contributed by atoms with Crippen LogP contribution in [0.25, 0.3) is 0 Å². The van der Waals surface area contributed by atoms with Gasteiger partial charge in [-0.05, 0) is 44.9 Å². The van der Waals surface area contributed by atoms with Crippen molar-refractivity contribution in [2.75, 3.05) is 65.3 Å². The van der Waals surface area contributed by atoms with Crippen molar-refractivity contribution in [3.8, 4) is 5.75 Å². The van der Waals surface area contributed by atoms with Crippen LogP contribution < -0.4 is 25.6 Å². The molecule has 28 nitrogen and oxygen atoms in total. The molecule has 5 heterocycles. The van der Waals surface area contributed by atoms with Gasteiger partial charge in [0.25, 0.3) is 11.8 Å². The first-order valence-electron chi connectivity index (χ1n) is 26.8. The highest BCUT2D eigenvalue weighted by atomic mass is 35.5. The number of carbonyl (C=O) groups is 12. The number of carboxylic acid groups (broad SMARTS) is 1. The lowest BCUT2D eigenvalue weighted by Crippen LogP contribution is -2.63. The van der Waals surface area contributed by atoms with Gasteiger partial charge in [0.15, 0.2) is 5.72 Å². The molecule has 2 unspecified atom stereocenters. The number of nitrogens with one attached hydrogen (secondary N) is 3. The van der Waals surface area contributed by atoms with Crippen LogP contribution in [0.1, 0.15) is 84.6 Å². The first-order valence-corrected chi connectivity index (χ1v) is 28.3. The van der Waals surface area contributed by atoms with Gasteiger partial charge in [-0.1, -0.05) is 42.3 Å². The summed E-state index contributed by atoms with van der Waals surface area (Å²) in [4.78, 5) is 162. The molecular formula is C54H70ClN7O21S. The molecule has 84 heavy (non-hydrogen) atoms. The lowest BCUT2D eigenvalue weighted by Gasteiger charge is -2.42. The number of anilines is 1. The SMILES string of the molecule is COc1cc2cc(c1Cl)N(C)C(=O)C[C@H](OC(=O)[C@H](C)N(C)C(=O)CCSC1CC(=O)N(CC(=O)NC(CNC(=O)CCOCCC(=O)ON3C(=O)CCC3=O)C(=O)O)C1=O)[C@]1(C)O[C@H]1[C@H](C)[C@@H]1C[C@@](O)(NC(=O)O1)[C@H](OC)/C=C/C=C(\C)C2. The van der Waals surface area contributed by atoms with E-state index in [0.717, 1.165) is 27.8 Å². The van der Waals surface area contributed by atoms with E-state index < -0.39 is 150 Å². The third-order valence-corrected chi connectivity index (χ3v) is 16.5. The lowest BCUT2D eigenvalue weighted by molar-refractivity contribution is -0.198. The number of carboxylic acids is 1. The van der Waals surface area contributed by atoms with Crippen LogP contribution in [0.3, 0.4) is 0 Å². The van der Waals surface area contributed by atoms with Crippen LogP contribution in [0.5, 0.6) is 5.75 Å². The quantitative estimate of drug-likeness (QED) is 0.0465. The van der Waals surface area contributed by atoms with Crippen molar-refractivity contribution in [3.05, 3.63) is 46.5 Å². The Morgan fingerprint density at radius 3 is 2.33 bits per heavy atom. The summed E-state index contributed by atoms with van der Waals surface area (Å²) in [7, 11) is 5.67. The number of aliphatic hydroxyl groups is 1. The number of likely N-dealkylation sites (N-methyl/N-ethyl adjacent to an activating group) is 1. The molecule has 0 aliphatic carbocycles. The van der Waals surface area contributed by atoms with Crippen molar-refractivity contribution in [2.45, 2.75) is 139 Å². The van der Waals surface area contributed by atoms with E-state index >= 15 is 0 Å². The number of aliphatic carboxylic acids is 1. The van der Waals surface area contributed by atoms with Gasteiger partial charge in [0.2, 0.25) is 35.4 Å². The molecule has 1 aromatic carbocycles. The highest BCUT2D eigenvalue weighted by Gasteiger charge is 2.64.